The fourth-order valence-corrected chi connectivity index (χ4v) is 3.57. The molecule has 0 aliphatic heterocycles. The predicted octanol–water partition coefficient (Wildman–Crippen LogP) is 3.87. The van der Waals surface area contributed by atoms with E-state index < -0.39 is 0 Å². The summed E-state index contributed by atoms with van der Waals surface area (Å²) in [5.74, 6) is 0.125. The molecule has 0 saturated heterocycles. The van der Waals surface area contributed by atoms with Gasteiger partial charge in [0.25, 0.3) is 5.56 Å². The zero-order valence-electron chi connectivity index (χ0n) is 16.8. The van der Waals surface area contributed by atoms with Crippen molar-refractivity contribution in [2.24, 2.45) is 0 Å². The minimum absolute atomic E-state index is 0.0746. The van der Waals surface area contributed by atoms with Crippen molar-refractivity contribution in [2.75, 3.05) is 12.4 Å². The average molecular weight is 426 g/mol. The lowest BCUT2D eigenvalue weighted by Crippen LogP contribution is -2.33. The number of fused-ring (bicyclic) bond motifs is 1. The van der Waals surface area contributed by atoms with Crippen molar-refractivity contribution < 1.29 is 9.53 Å². The number of rotatable bonds is 10. The molecule has 0 fully saturated rings. The maximum Gasteiger partial charge on any atom is 0.262 e. The van der Waals surface area contributed by atoms with Crippen molar-refractivity contribution in [1.29, 1.82) is 0 Å². The van der Waals surface area contributed by atoms with E-state index in [2.05, 4.69) is 10.3 Å². The fraction of sp³-hybridized carbons (Fsp3) is 0.550. The van der Waals surface area contributed by atoms with E-state index in [1.165, 1.54) is 11.8 Å². The summed E-state index contributed by atoms with van der Waals surface area (Å²) < 4.78 is 7.20. The van der Waals surface area contributed by atoms with E-state index in [0.717, 1.165) is 6.42 Å². The number of hydrogen-bond donors (Lipinski definition) is 1. The van der Waals surface area contributed by atoms with E-state index in [9.17, 15) is 9.59 Å². The summed E-state index contributed by atoms with van der Waals surface area (Å²) in [6, 6.07) is 5.17. The van der Waals surface area contributed by atoms with Gasteiger partial charge in [-0.1, -0.05) is 30.3 Å². The second-order valence-corrected chi connectivity index (χ2v) is 8.33. The molecule has 0 radical (unpaired) electrons. The van der Waals surface area contributed by atoms with Crippen LogP contribution in [0.15, 0.2) is 28.2 Å². The molecule has 28 heavy (non-hydrogen) atoms. The van der Waals surface area contributed by atoms with Gasteiger partial charge in [-0.15, -0.1) is 0 Å². The number of nitrogens with one attached hydrogen (secondary N) is 1. The van der Waals surface area contributed by atoms with Crippen LogP contribution < -0.4 is 10.9 Å². The monoisotopic (exact) mass is 425 g/mol. The Hall–Kier alpha value is -1.57. The van der Waals surface area contributed by atoms with Crippen LogP contribution in [0, 0.1) is 0 Å². The lowest BCUT2D eigenvalue weighted by Gasteiger charge is -2.15. The van der Waals surface area contributed by atoms with Crippen molar-refractivity contribution in [2.45, 2.75) is 64.4 Å². The van der Waals surface area contributed by atoms with Crippen LogP contribution in [0.4, 0.5) is 0 Å². The van der Waals surface area contributed by atoms with E-state index in [0.29, 0.717) is 40.7 Å². The smallest absolute Gasteiger partial charge is 0.262 e. The highest BCUT2D eigenvalue weighted by Crippen LogP contribution is 2.20. The van der Waals surface area contributed by atoms with Gasteiger partial charge in [0, 0.05) is 24.2 Å². The van der Waals surface area contributed by atoms with Crippen LogP contribution in [0.25, 0.3) is 10.9 Å². The lowest BCUT2D eigenvalue weighted by atomic mass is 10.2. The average Bonchev–Trinajstić information content (AvgIpc) is 2.64. The van der Waals surface area contributed by atoms with Crippen LogP contribution in [0.1, 0.15) is 40.5 Å². The van der Waals surface area contributed by atoms with Gasteiger partial charge in [0.05, 0.1) is 22.8 Å². The van der Waals surface area contributed by atoms with Gasteiger partial charge in [-0.3, -0.25) is 14.2 Å². The SMILES string of the molecule is CC[C@H](C)NC(=O)CSc1nc2cc(Cl)ccc2c(=O)n1CCCOC(C)C. The number of carbonyl (C=O) groups is 1. The van der Waals surface area contributed by atoms with Crippen LogP contribution in [-0.2, 0) is 16.1 Å². The Morgan fingerprint density at radius 2 is 2.11 bits per heavy atom. The first-order chi connectivity index (χ1) is 13.3. The second kappa shape index (κ2) is 10.8. The normalized spacial score (nSPS) is 12.5. The number of carbonyl (C=O) groups excluding carboxylic acids is 1. The quantitative estimate of drug-likeness (QED) is 0.355. The molecule has 0 bridgehead atoms. The van der Waals surface area contributed by atoms with Gasteiger partial charge in [0.1, 0.15) is 0 Å². The first-order valence-corrected chi connectivity index (χ1v) is 10.9. The molecule has 1 N–H and O–H groups in total. The minimum Gasteiger partial charge on any atom is -0.379 e. The standard InChI is InChI=1S/C20H28ClN3O3S/c1-5-14(4)22-18(25)12-28-20-23-17-11-15(21)7-8-16(17)19(26)24(20)9-6-10-27-13(2)3/h7-8,11,13-14H,5-6,9-10,12H2,1-4H3,(H,22,25)/t14-/m0/s1. The van der Waals surface area contributed by atoms with Crippen LogP contribution in [0.3, 0.4) is 0 Å². The van der Waals surface area contributed by atoms with Crippen molar-refractivity contribution in [1.82, 2.24) is 14.9 Å². The van der Waals surface area contributed by atoms with Crippen LogP contribution in [0.2, 0.25) is 5.02 Å². The van der Waals surface area contributed by atoms with Gasteiger partial charge < -0.3 is 10.1 Å². The number of amides is 1. The maximum atomic E-state index is 13.0. The molecule has 8 heteroatoms. The van der Waals surface area contributed by atoms with Gasteiger partial charge in [-0.05, 0) is 51.8 Å². The topological polar surface area (TPSA) is 73.2 Å². The fourth-order valence-electron chi connectivity index (χ4n) is 2.57. The Morgan fingerprint density at radius 1 is 1.36 bits per heavy atom. The Bertz CT molecular complexity index is 870. The summed E-state index contributed by atoms with van der Waals surface area (Å²) in [5.41, 5.74) is 0.410. The highest BCUT2D eigenvalue weighted by Gasteiger charge is 2.14. The van der Waals surface area contributed by atoms with Gasteiger partial charge in [-0.25, -0.2) is 4.98 Å². The molecule has 0 aliphatic carbocycles. The maximum absolute atomic E-state index is 13.0. The summed E-state index contributed by atoms with van der Waals surface area (Å²) in [7, 11) is 0. The number of nitrogens with zero attached hydrogens (tertiary/aromatic N) is 2. The number of halogens is 1. The summed E-state index contributed by atoms with van der Waals surface area (Å²) in [4.78, 5) is 29.7. The third-order valence-electron chi connectivity index (χ3n) is 4.21. The van der Waals surface area contributed by atoms with Gasteiger partial charge in [0.15, 0.2) is 5.16 Å². The van der Waals surface area contributed by atoms with Gasteiger partial charge in [-0.2, -0.15) is 0 Å². The third kappa shape index (κ3) is 6.50. The molecular weight excluding hydrogens is 398 g/mol. The van der Waals surface area contributed by atoms with E-state index >= 15 is 0 Å². The molecule has 1 aromatic heterocycles. The van der Waals surface area contributed by atoms with Crippen molar-refractivity contribution in [3.63, 3.8) is 0 Å². The summed E-state index contributed by atoms with van der Waals surface area (Å²) in [6.45, 7) is 8.97. The first-order valence-electron chi connectivity index (χ1n) is 9.55. The van der Waals surface area contributed by atoms with E-state index in [-0.39, 0.29) is 29.4 Å². The second-order valence-electron chi connectivity index (χ2n) is 6.95. The molecule has 2 aromatic rings. The Morgan fingerprint density at radius 3 is 2.79 bits per heavy atom. The highest BCUT2D eigenvalue weighted by atomic mass is 35.5. The molecule has 0 aliphatic rings. The molecule has 6 nitrogen and oxygen atoms in total. The molecule has 0 saturated carbocycles. The summed E-state index contributed by atoms with van der Waals surface area (Å²) >= 11 is 7.32. The molecular formula is C20H28ClN3O3S. The van der Waals surface area contributed by atoms with Gasteiger partial charge >= 0.3 is 0 Å². The predicted molar refractivity (Wildman–Crippen MR) is 115 cm³/mol. The van der Waals surface area contributed by atoms with Crippen LogP contribution in [-0.4, -0.2) is 40.0 Å². The molecule has 154 valence electrons. The van der Waals surface area contributed by atoms with Crippen molar-refractivity contribution in [3.8, 4) is 0 Å². The summed E-state index contributed by atoms with van der Waals surface area (Å²) in [5, 5.41) is 4.48. The van der Waals surface area contributed by atoms with E-state index in [1.807, 2.05) is 27.7 Å². The van der Waals surface area contributed by atoms with Crippen molar-refractivity contribution in [3.05, 3.63) is 33.6 Å². The van der Waals surface area contributed by atoms with E-state index in [4.69, 9.17) is 16.3 Å². The molecule has 1 amide bonds. The lowest BCUT2D eigenvalue weighted by molar-refractivity contribution is -0.119. The molecule has 1 aromatic carbocycles. The third-order valence-corrected chi connectivity index (χ3v) is 5.42. The molecule has 2 rings (SSSR count). The molecule has 0 unspecified atom stereocenters. The van der Waals surface area contributed by atoms with Crippen molar-refractivity contribution >= 4 is 40.2 Å². The van der Waals surface area contributed by atoms with Crippen LogP contribution >= 0.6 is 23.4 Å². The largest absolute Gasteiger partial charge is 0.379 e. The zero-order valence-corrected chi connectivity index (χ0v) is 18.4. The number of ether oxygens (including phenoxy) is 1. The zero-order chi connectivity index (χ0) is 20.7. The number of hydrogen-bond acceptors (Lipinski definition) is 5. The van der Waals surface area contributed by atoms with Crippen LogP contribution in [0.5, 0.6) is 0 Å². The Labute approximate surface area is 175 Å². The number of thioether (sulfide) groups is 1. The summed E-state index contributed by atoms with van der Waals surface area (Å²) in [6.07, 6.45) is 1.70. The number of aromatic nitrogens is 2. The first kappa shape index (κ1) is 22.7. The Kier molecular flexibility index (Phi) is 8.79. The van der Waals surface area contributed by atoms with E-state index in [1.54, 1.807) is 22.8 Å². The highest BCUT2D eigenvalue weighted by molar-refractivity contribution is 7.99. The molecule has 1 atom stereocenters. The number of benzene rings is 1. The molecule has 0 spiro atoms. The Balaban J connectivity index is 2.25. The minimum atomic E-state index is -0.129. The molecule has 1 heterocycles. The van der Waals surface area contributed by atoms with Gasteiger partial charge in [0.2, 0.25) is 5.91 Å².